The lowest BCUT2D eigenvalue weighted by molar-refractivity contribution is -0.137. The van der Waals surface area contributed by atoms with Crippen LogP contribution < -0.4 is 10.2 Å². The van der Waals surface area contributed by atoms with Gasteiger partial charge in [-0.2, -0.15) is 0 Å². The number of aromatic nitrogens is 3. The van der Waals surface area contributed by atoms with Crippen LogP contribution in [0.2, 0.25) is 0 Å². The van der Waals surface area contributed by atoms with Crippen LogP contribution in [0.15, 0.2) is 48.5 Å². The van der Waals surface area contributed by atoms with E-state index in [0.717, 1.165) is 59.5 Å². The number of fused-ring (bicyclic) bond motifs is 2. The summed E-state index contributed by atoms with van der Waals surface area (Å²) in [6.45, 7) is 8.74. The summed E-state index contributed by atoms with van der Waals surface area (Å²) in [7, 11) is 3.98. The van der Waals surface area contributed by atoms with E-state index in [2.05, 4.69) is 73.3 Å². The maximum atomic E-state index is 12.0. The molecule has 4 aromatic rings. The van der Waals surface area contributed by atoms with Crippen LogP contribution in [0.25, 0.3) is 11.0 Å². The number of ether oxygens (including phenoxy) is 1. The molecule has 0 spiro atoms. The van der Waals surface area contributed by atoms with Crippen LogP contribution in [0.4, 0.5) is 0 Å². The van der Waals surface area contributed by atoms with Crippen LogP contribution in [-0.2, 0) is 24.9 Å². The summed E-state index contributed by atoms with van der Waals surface area (Å²) in [4.78, 5) is 14.5. The molecule has 38 heavy (non-hydrogen) atoms. The first-order chi connectivity index (χ1) is 18.2. The van der Waals surface area contributed by atoms with Crippen LogP contribution in [-0.4, -0.2) is 51.5 Å². The second kappa shape index (κ2) is 10.6. The van der Waals surface area contributed by atoms with E-state index in [-0.39, 0.29) is 18.4 Å². The molecular formula is C30H35BN4O3. The maximum Gasteiger partial charge on any atom is 0.304 e. The summed E-state index contributed by atoms with van der Waals surface area (Å²) in [5.41, 5.74) is 9.58. The predicted molar refractivity (Wildman–Crippen MR) is 152 cm³/mol. The van der Waals surface area contributed by atoms with Crippen molar-refractivity contribution in [3.63, 3.8) is 0 Å². The van der Waals surface area contributed by atoms with E-state index in [0.29, 0.717) is 0 Å². The smallest absolute Gasteiger partial charge is 0.304 e. The molecule has 1 N–H and O–H groups in total. The molecule has 5 rings (SSSR count). The molecule has 7 nitrogen and oxygen atoms in total. The van der Waals surface area contributed by atoms with Crippen molar-refractivity contribution in [2.75, 3.05) is 6.54 Å². The first kappa shape index (κ1) is 26.0. The predicted octanol–water partition coefficient (Wildman–Crippen LogP) is 3.62. The van der Waals surface area contributed by atoms with Gasteiger partial charge < -0.3 is 9.84 Å². The molecular weight excluding hydrogens is 475 g/mol. The van der Waals surface area contributed by atoms with E-state index in [9.17, 15) is 9.90 Å². The van der Waals surface area contributed by atoms with Gasteiger partial charge in [-0.25, -0.2) is 4.68 Å². The highest BCUT2D eigenvalue weighted by Crippen LogP contribution is 2.35. The summed E-state index contributed by atoms with van der Waals surface area (Å²) in [5, 5.41) is 18.3. The average molecular weight is 510 g/mol. The monoisotopic (exact) mass is 510 g/mol. The van der Waals surface area contributed by atoms with Crippen molar-refractivity contribution in [3.05, 3.63) is 81.9 Å². The maximum absolute atomic E-state index is 12.0. The number of hydrogen-bond donors (Lipinski definition) is 1. The van der Waals surface area contributed by atoms with E-state index >= 15 is 0 Å². The van der Waals surface area contributed by atoms with Gasteiger partial charge in [0.2, 0.25) is 0 Å². The van der Waals surface area contributed by atoms with E-state index < -0.39 is 5.97 Å². The Balaban J connectivity index is 1.50. The van der Waals surface area contributed by atoms with Crippen molar-refractivity contribution in [3.8, 4) is 5.75 Å². The summed E-state index contributed by atoms with van der Waals surface area (Å²) < 4.78 is 8.10. The number of aryl methyl sites for hydroxylation is 3. The van der Waals surface area contributed by atoms with Gasteiger partial charge in [0.05, 0.1) is 11.9 Å². The molecule has 0 amide bonds. The molecule has 0 aliphatic carbocycles. The van der Waals surface area contributed by atoms with Gasteiger partial charge in [0, 0.05) is 38.2 Å². The molecule has 8 heteroatoms. The van der Waals surface area contributed by atoms with E-state index in [1.165, 1.54) is 22.2 Å². The lowest BCUT2D eigenvalue weighted by Crippen LogP contribution is -2.32. The highest BCUT2D eigenvalue weighted by Gasteiger charge is 2.25. The SMILES string of the molecule is Bc1ccc2c(c1)CN(Cc1cc(C(CC(=O)O)c3ccc4c(nnn4C)c3C)ccc1C)C[C@@H](CC)O2. The van der Waals surface area contributed by atoms with Crippen molar-refractivity contribution in [2.24, 2.45) is 7.05 Å². The molecule has 1 unspecified atom stereocenters. The molecule has 0 bridgehead atoms. The lowest BCUT2D eigenvalue weighted by Gasteiger charge is -2.25. The van der Waals surface area contributed by atoms with Gasteiger partial charge >= 0.3 is 5.97 Å². The Bertz CT molecular complexity index is 1500. The Kier molecular flexibility index (Phi) is 7.26. The minimum Gasteiger partial charge on any atom is -0.489 e. The molecule has 2 atom stereocenters. The normalized spacial score (nSPS) is 16.6. The van der Waals surface area contributed by atoms with Crippen molar-refractivity contribution >= 4 is 30.3 Å². The van der Waals surface area contributed by atoms with Crippen LogP contribution in [0, 0.1) is 13.8 Å². The second-order valence-electron chi connectivity index (χ2n) is 10.6. The first-order valence-corrected chi connectivity index (χ1v) is 13.3. The highest BCUT2D eigenvalue weighted by atomic mass is 16.5. The third kappa shape index (κ3) is 5.18. The van der Waals surface area contributed by atoms with Crippen LogP contribution in [0.3, 0.4) is 0 Å². The van der Waals surface area contributed by atoms with Gasteiger partial charge in [-0.05, 0) is 60.2 Å². The lowest BCUT2D eigenvalue weighted by atomic mass is 9.84. The third-order valence-electron chi connectivity index (χ3n) is 7.82. The minimum atomic E-state index is -0.821. The molecule has 3 aromatic carbocycles. The quantitative estimate of drug-likeness (QED) is 0.383. The summed E-state index contributed by atoms with van der Waals surface area (Å²) in [6.07, 6.45) is 1.08. The Labute approximate surface area is 224 Å². The second-order valence-corrected chi connectivity index (χ2v) is 10.6. The van der Waals surface area contributed by atoms with Crippen molar-refractivity contribution in [2.45, 2.75) is 58.7 Å². The number of carboxylic acids is 1. The fourth-order valence-electron chi connectivity index (χ4n) is 5.62. The molecule has 1 aromatic heterocycles. The largest absolute Gasteiger partial charge is 0.489 e. The van der Waals surface area contributed by atoms with Gasteiger partial charge in [-0.1, -0.05) is 54.0 Å². The number of carbonyl (C=O) groups is 1. The average Bonchev–Trinajstić information content (AvgIpc) is 3.17. The Morgan fingerprint density at radius 2 is 2.00 bits per heavy atom. The van der Waals surface area contributed by atoms with Crippen LogP contribution in [0.1, 0.15) is 59.1 Å². The molecule has 0 saturated heterocycles. The number of aliphatic carboxylic acids is 1. The summed E-state index contributed by atoms with van der Waals surface area (Å²) >= 11 is 0. The molecule has 0 radical (unpaired) electrons. The molecule has 196 valence electrons. The highest BCUT2D eigenvalue weighted by molar-refractivity contribution is 6.32. The van der Waals surface area contributed by atoms with Gasteiger partial charge in [0.15, 0.2) is 0 Å². The molecule has 0 saturated carbocycles. The zero-order valence-electron chi connectivity index (χ0n) is 22.9. The summed E-state index contributed by atoms with van der Waals surface area (Å²) in [5.74, 6) is -0.123. The Hall–Kier alpha value is -3.65. The Morgan fingerprint density at radius 1 is 1.18 bits per heavy atom. The topological polar surface area (TPSA) is 80.5 Å². The fraction of sp³-hybridized carbons (Fsp3) is 0.367. The fourth-order valence-corrected chi connectivity index (χ4v) is 5.62. The van der Waals surface area contributed by atoms with Crippen molar-refractivity contribution in [1.82, 2.24) is 19.9 Å². The van der Waals surface area contributed by atoms with Gasteiger partial charge in [-0.15, -0.1) is 5.10 Å². The van der Waals surface area contributed by atoms with Gasteiger partial charge in [-0.3, -0.25) is 9.69 Å². The standard InChI is InChI=1S/C30H35BN4O3/c1-5-24-17-35(16-22-13-23(31)8-11-28(22)38-24)15-21-12-20(7-6-18(21)2)26(14-29(36)37)25-9-10-27-30(19(25)3)32-33-34(27)4/h6-13,24,26H,5,14-17,31H2,1-4H3,(H,36,37)/t24-,26?/m1/s1. The number of rotatable bonds is 7. The third-order valence-corrected chi connectivity index (χ3v) is 7.82. The zero-order valence-corrected chi connectivity index (χ0v) is 22.9. The van der Waals surface area contributed by atoms with E-state index in [4.69, 9.17) is 4.74 Å². The first-order valence-electron chi connectivity index (χ1n) is 13.3. The molecule has 2 heterocycles. The molecule has 1 aliphatic rings. The van der Waals surface area contributed by atoms with Crippen LogP contribution >= 0.6 is 0 Å². The van der Waals surface area contributed by atoms with Crippen molar-refractivity contribution in [1.29, 1.82) is 0 Å². The van der Waals surface area contributed by atoms with Gasteiger partial charge in [0.1, 0.15) is 25.2 Å². The molecule has 0 fully saturated rings. The van der Waals surface area contributed by atoms with E-state index in [1.54, 1.807) is 4.68 Å². The van der Waals surface area contributed by atoms with Crippen LogP contribution in [0.5, 0.6) is 5.75 Å². The zero-order chi connectivity index (χ0) is 27.0. The number of carboxylic acid groups (broad SMARTS) is 1. The number of nitrogens with zero attached hydrogens (tertiary/aromatic N) is 4. The van der Waals surface area contributed by atoms with Crippen molar-refractivity contribution < 1.29 is 14.6 Å². The number of benzene rings is 3. The molecule has 1 aliphatic heterocycles. The van der Waals surface area contributed by atoms with Gasteiger partial charge in [0.25, 0.3) is 0 Å². The summed E-state index contributed by atoms with van der Waals surface area (Å²) in [6, 6.07) is 16.8. The van der Waals surface area contributed by atoms with E-state index in [1.807, 2.05) is 26.1 Å². The minimum absolute atomic E-state index is 0.0111. The Morgan fingerprint density at radius 3 is 2.76 bits per heavy atom. The number of hydrogen-bond acceptors (Lipinski definition) is 5.